The molecule has 1 aromatic carbocycles. The summed E-state index contributed by atoms with van der Waals surface area (Å²) in [5.74, 6) is -8.26. The van der Waals surface area contributed by atoms with Crippen LogP contribution in [0.2, 0.25) is 0 Å². The molecule has 3 aliphatic carbocycles. The normalized spacial score (nSPS) is 26.7. The summed E-state index contributed by atoms with van der Waals surface area (Å²) in [6.45, 7) is 2.54. The van der Waals surface area contributed by atoms with Crippen LogP contribution in [-0.2, 0) is 27.3 Å². The maximum atomic E-state index is 15.4. The number of nitrogens with two attached hydrogens (primary N) is 1. The average Bonchev–Trinajstić information content (AvgIpc) is 2.77. The van der Waals surface area contributed by atoms with Crippen LogP contribution in [0.5, 0.6) is 5.75 Å². The molecule has 0 spiro atoms. The fraction of sp³-hybridized carbons (Fsp3) is 0.458. The van der Waals surface area contributed by atoms with Gasteiger partial charge in [0.25, 0.3) is 5.91 Å². The first-order valence-electron chi connectivity index (χ1n) is 11.3. The molecule has 4 atom stereocenters. The van der Waals surface area contributed by atoms with Gasteiger partial charge in [-0.15, -0.1) is 24.8 Å². The van der Waals surface area contributed by atoms with Gasteiger partial charge in [-0.2, -0.15) is 0 Å². The Morgan fingerprint density at radius 1 is 1.24 bits per heavy atom. The van der Waals surface area contributed by atoms with Crippen molar-refractivity contribution in [2.45, 2.75) is 38.0 Å². The van der Waals surface area contributed by atoms with Gasteiger partial charge in [-0.1, -0.05) is 6.92 Å². The second kappa shape index (κ2) is 10.6. The number of carbonyl (C=O) groups is 3. The van der Waals surface area contributed by atoms with Crippen molar-refractivity contribution in [1.82, 2.24) is 10.2 Å². The highest BCUT2D eigenvalue weighted by molar-refractivity contribution is 6.24. The number of fused-ring (bicyclic) bond motifs is 3. The van der Waals surface area contributed by atoms with Crippen molar-refractivity contribution in [1.29, 1.82) is 0 Å². The summed E-state index contributed by atoms with van der Waals surface area (Å²) in [5.41, 5.74) is 1.31. The van der Waals surface area contributed by atoms with E-state index in [1.807, 2.05) is 6.92 Å². The number of likely N-dealkylation sites (N-methyl/N-ethyl adjacent to an activating group) is 1. The number of aliphatic hydroxyl groups excluding tert-OH is 2. The predicted octanol–water partition coefficient (Wildman–Crippen LogP) is 1.06. The molecule has 4 rings (SSSR count). The molecule has 1 amide bonds. The lowest BCUT2D eigenvalue weighted by Gasteiger charge is -2.50. The van der Waals surface area contributed by atoms with E-state index in [2.05, 4.69) is 5.32 Å². The summed E-state index contributed by atoms with van der Waals surface area (Å²) in [7, 11) is 3.02. The third-order valence-corrected chi connectivity index (χ3v) is 7.29. The molecule has 204 valence electrons. The van der Waals surface area contributed by atoms with Crippen molar-refractivity contribution in [2.24, 2.45) is 17.6 Å². The summed E-state index contributed by atoms with van der Waals surface area (Å²) in [4.78, 5) is 40.1. The van der Waals surface area contributed by atoms with E-state index in [4.69, 9.17) is 5.73 Å². The van der Waals surface area contributed by atoms with E-state index in [9.17, 15) is 34.8 Å². The van der Waals surface area contributed by atoms with Crippen molar-refractivity contribution >= 4 is 48.0 Å². The van der Waals surface area contributed by atoms with Crippen LogP contribution < -0.4 is 11.1 Å². The summed E-state index contributed by atoms with van der Waals surface area (Å²) >= 11 is 0. The number of amides is 1. The van der Waals surface area contributed by atoms with Crippen molar-refractivity contribution in [2.75, 3.05) is 20.6 Å². The molecule has 10 nitrogen and oxygen atoms in total. The highest BCUT2D eigenvalue weighted by atomic mass is 35.5. The lowest BCUT2D eigenvalue weighted by atomic mass is 9.57. The van der Waals surface area contributed by atoms with Crippen LogP contribution in [0.25, 0.3) is 5.76 Å². The number of primary amides is 1. The molecule has 7 N–H and O–H groups in total. The summed E-state index contributed by atoms with van der Waals surface area (Å²) in [6, 6.07) is -0.0337. The highest BCUT2D eigenvalue weighted by Crippen LogP contribution is 2.53. The van der Waals surface area contributed by atoms with Crippen molar-refractivity contribution in [3.05, 3.63) is 45.5 Å². The van der Waals surface area contributed by atoms with E-state index in [0.717, 1.165) is 6.07 Å². The molecule has 0 bridgehead atoms. The first-order valence-corrected chi connectivity index (χ1v) is 11.3. The van der Waals surface area contributed by atoms with Crippen molar-refractivity contribution in [3.8, 4) is 5.75 Å². The Kier molecular flexibility index (Phi) is 8.73. The fourth-order valence-electron chi connectivity index (χ4n) is 5.74. The summed E-state index contributed by atoms with van der Waals surface area (Å²) in [5, 5.41) is 46.9. The molecule has 1 fully saturated rings. The van der Waals surface area contributed by atoms with E-state index < -0.39 is 69.6 Å². The van der Waals surface area contributed by atoms with Crippen LogP contribution in [-0.4, -0.2) is 75.1 Å². The van der Waals surface area contributed by atoms with Crippen LogP contribution in [0.3, 0.4) is 0 Å². The van der Waals surface area contributed by atoms with Crippen LogP contribution in [0, 0.1) is 17.7 Å². The Morgan fingerprint density at radius 3 is 2.41 bits per heavy atom. The van der Waals surface area contributed by atoms with Gasteiger partial charge >= 0.3 is 0 Å². The fourth-order valence-corrected chi connectivity index (χ4v) is 5.74. The van der Waals surface area contributed by atoms with Gasteiger partial charge in [0.05, 0.1) is 11.6 Å². The number of halogens is 3. The molecule has 3 aliphatic rings. The Hall–Kier alpha value is -2.70. The molecular weight excluding hydrogens is 532 g/mol. The van der Waals surface area contributed by atoms with Crippen LogP contribution in [0.4, 0.5) is 4.39 Å². The lowest BCUT2D eigenvalue weighted by molar-refractivity contribution is -0.153. The number of phenolic OH excluding ortho intramolecular Hbond substituents is 1. The van der Waals surface area contributed by atoms with E-state index in [1.165, 1.54) is 19.0 Å². The molecule has 1 aromatic rings. The molecule has 0 radical (unpaired) electrons. The maximum absolute atomic E-state index is 15.4. The van der Waals surface area contributed by atoms with E-state index in [1.54, 1.807) is 0 Å². The van der Waals surface area contributed by atoms with Gasteiger partial charge in [0, 0.05) is 29.2 Å². The van der Waals surface area contributed by atoms with E-state index >= 15 is 4.39 Å². The highest BCUT2D eigenvalue weighted by Gasteiger charge is 2.64. The Labute approximate surface area is 224 Å². The van der Waals surface area contributed by atoms with Gasteiger partial charge in [-0.25, -0.2) is 4.39 Å². The van der Waals surface area contributed by atoms with Gasteiger partial charge in [0.15, 0.2) is 11.4 Å². The van der Waals surface area contributed by atoms with Gasteiger partial charge in [-0.3, -0.25) is 19.3 Å². The maximum Gasteiger partial charge on any atom is 0.255 e. The number of aliphatic hydroxyl groups is 3. The molecule has 13 heteroatoms. The molecule has 0 unspecified atom stereocenters. The zero-order valence-corrected chi connectivity index (χ0v) is 22.0. The number of benzene rings is 1. The largest absolute Gasteiger partial charge is 0.508 e. The molecule has 0 aliphatic heterocycles. The number of phenols is 1. The molecule has 1 saturated carbocycles. The second-order valence-electron chi connectivity index (χ2n) is 9.46. The number of ketones is 2. The molecule has 0 heterocycles. The molecule has 0 saturated heterocycles. The van der Waals surface area contributed by atoms with Crippen LogP contribution >= 0.6 is 24.8 Å². The third kappa shape index (κ3) is 4.28. The minimum Gasteiger partial charge on any atom is -0.508 e. The van der Waals surface area contributed by atoms with Gasteiger partial charge < -0.3 is 31.5 Å². The number of aromatic hydroxyl groups is 1. The van der Waals surface area contributed by atoms with E-state index in [0.29, 0.717) is 6.54 Å². The Morgan fingerprint density at radius 2 is 1.86 bits per heavy atom. The number of rotatable bonds is 5. The van der Waals surface area contributed by atoms with Crippen LogP contribution in [0.15, 0.2) is 23.0 Å². The minimum atomic E-state index is -2.72. The minimum absolute atomic E-state index is 0. The topological polar surface area (TPSA) is 173 Å². The van der Waals surface area contributed by atoms with Crippen molar-refractivity contribution < 1.29 is 39.2 Å². The van der Waals surface area contributed by atoms with Crippen LogP contribution in [0.1, 0.15) is 30.0 Å². The standard InChI is InChI=1S/C24H28FN3O7.2ClH/c1-4-27-8-10-7-13(29)15-11(17(10)25)5-9-6-12-18(28(2)3)20(31)16(23(26)34)22(33)24(12,35)21(32)14(9)19(15)30;;/h7,9,12,18,27,29-30,33,35H,4-6,8H2,1-3H3,(H2,26,34);2*1H/t9-,12-,18-,24-;;/m0../s1. The first kappa shape index (κ1) is 30.5. The Bertz CT molecular complexity index is 1230. The molecule has 0 aromatic heterocycles. The molecule has 37 heavy (non-hydrogen) atoms. The predicted molar refractivity (Wildman–Crippen MR) is 136 cm³/mol. The van der Waals surface area contributed by atoms with Crippen molar-refractivity contribution in [3.63, 3.8) is 0 Å². The number of nitrogens with one attached hydrogen (secondary N) is 1. The van der Waals surface area contributed by atoms with Gasteiger partial charge in [0.2, 0.25) is 5.78 Å². The van der Waals surface area contributed by atoms with Gasteiger partial charge in [0.1, 0.15) is 28.7 Å². The molecular formula is C24H30Cl2FN3O7. The number of hydrogen-bond donors (Lipinski definition) is 6. The number of nitrogens with zero attached hydrogens (tertiary/aromatic N) is 1. The number of carbonyl (C=O) groups excluding carboxylic acids is 3. The first-order chi connectivity index (χ1) is 16.4. The summed E-state index contributed by atoms with van der Waals surface area (Å²) < 4.78 is 15.4. The van der Waals surface area contributed by atoms with E-state index in [-0.39, 0.29) is 66.5 Å². The second-order valence-corrected chi connectivity index (χ2v) is 9.46. The van der Waals surface area contributed by atoms with Gasteiger partial charge in [-0.05, 0) is 45.5 Å². The zero-order valence-electron chi connectivity index (χ0n) is 20.4. The number of hydrogen-bond acceptors (Lipinski definition) is 9. The number of Topliss-reactive ketones (excluding diaryl/α,β-unsaturated/α-hetero) is 2. The zero-order chi connectivity index (χ0) is 26.0. The summed E-state index contributed by atoms with van der Waals surface area (Å²) in [6.07, 6.45) is -0.183. The lowest BCUT2D eigenvalue weighted by Crippen LogP contribution is -2.65. The monoisotopic (exact) mass is 561 g/mol. The third-order valence-electron chi connectivity index (χ3n) is 7.29. The quantitative estimate of drug-likeness (QED) is 0.287. The SMILES string of the molecule is CCNCc1cc(O)c2c(c1F)C[C@H]1C[C@H]3[C@H](N(C)C)C(=O)C(C(N)=O)=C(O)[C@@]3(O)C(=O)C1=C2O.Cl.Cl. The average molecular weight is 562 g/mol. The Balaban J connectivity index is 0.00000241. The smallest absolute Gasteiger partial charge is 0.255 e.